The number of anilines is 1. The van der Waals surface area contributed by atoms with Crippen molar-refractivity contribution in [3.8, 4) is 0 Å². The van der Waals surface area contributed by atoms with Crippen LogP contribution < -0.4 is 5.32 Å². The maximum absolute atomic E-state index is 12.9. The maximum atomic E-state index is 12.9. The van der Waals surface area contributed by atoms with Crippen LogP contribution in [0.4, 0.5) is 5.00 Å². The Morgan fingerprint density at radius 1 is 1.30 bits per heavy atom. The van der Waals surface area contributed by atoms with Crippen molar-refractivity contribution in [2.75, 3.05) is 24.3 Å². The van der Waals surface area contributed by atoms with Crippen molar-refractivity contribution in [2.24, 2.45) is 5.92 Å². The number of rotatable bonds is 9. The van der Waals surface area contributed by atoms with Crippen LogP contribution in [0, 0.1) is 5.92 Å². The lowest BCUT2D eigenvalue weighted by Crippen LogP contribution is -2.19. The van der Waals surface area contributed by atoms with Gasteiger partial charge in [-0.05, 0) is 50.5 Å². The van der Waals surface area contributed by atoms with Gasteiger partial charge in [0.05, 0.1) is 30.6 Å². The molecular weight excluding hydrogens is 460 g/mol. The van der Waals surface area contributed by atoms with Gasteiger partial charge in [0.15, 0.2) is 5.16 Å². The third-order valence-corrected chi connectivity index (χ3v) is 8.23. The Morgan fingerprint density at radius 3 is 2.88 bits per heavy atom. The van der Waals surface area contributed by atoms with Crippen LogP contribution in [0.2, 0.25) is 0 Å². The SMILES string of the molecule is CCOC(=O)c1c(NC(=O)CSc2nnc(CC)n2CC2CCCO2)sc2c1CCC(C)C2. The summed E-state index contributed by atoms with van der Waals surface area (Å²) in [7, 11) is 0. The number of ether oxygens (including phenoxy) is 2. The van der Waals surface area contributed by atoms with E-state index in [0.29, 0.717) is 29.6 Å². The fourth-order valence-electron chi connectivity index (χ4n) is 4.41. The van der Waals surface area contributed by atoms with E-state index in [2.05, 4.69) is 27.0 Å². The van der Waals surface area contributed by atoms with Crippen molar-refractivity contribution in [3.63, 3.8) is 0 Å². The number of carbonyl (C=O) groups is 2. The molecule has 0 aromatic carbocycles. The summed E-state index contributed by atoms with van der Waals surface area (Å²) in [6, 6.07) is 0. The van der Waals surface area contributed by atoms with Gasteiger partial charge in [-0.3, -0.25) is 4.79 Å². The summed E-state index contributed by atoms with van der Waals surface area (Å²) in [5.74, 6) is 1.15. The smallest absolute Gasteiger partial charge is 0.341 e. The summed E-state index contributed by atoms with van der Waals surface area (Å²) < 4.78 is 13.2. The number of hydrogen-bond donors (Lipinski definition) is 1. The average molecular weight is 493 g/mol. The monoisotopic (exact) mass is 492 g/mol. The number of thioether (sulfide) groups is 1. The molecule has 33 heavy (non-hydrogen) atoms. The molecule has 0 radical (unpaired) electrons. The van der Waals surface area contributed by atoms with Gasteiger partial charge in [-0.2, -0.15) is 0 Å². The third-order valence-electron chi connectivity index (χ3n) is 6.10. The molecule has 2 atom stereocenters. The van der Waals surface area contributed by atoms with Gasteiger partial charge in [-0.25, -0.2) is 4.79 Å². The van der Waals surface area contributed by atoms with E-state index in [4.69, 9.17) is 9.47 Å². The molecular formula is C23H32N4O4S2. The van der Waals surface area contributed by atoms with Crippen LogP contribution in [0.25, 0.3) is 0 Å². The summed E-state index contributed by atoms with van der Waals surface area (Å²) >= 11 is 2.87. The topological polar surface area (TPSA) is 95.3 Å². The van der Waals surface area contributed by atoms with Crippen LogP contribution in [0.3, 0.4) is 0 Å². The van der Waals surface area contributed by atoms with E-state index in [0.717, 1.165) is 61.7 Å². The van der Waals surface area contributed by atoms with Crippen molar-refractivity contribution in [2.45, 2.75) is 77.1 Å². The Bertz CT molecular complexity index is 997. The van der Waals surface area contributed by atoms with E-state index in [1.54, 1.807) is 6.92 Å². The summed E-state index contributed by atoms with van der Waals surface area (Å²) in [6.07, 6.45) is 5.87. The predicted octanol–water partition coefficient (Wildman–Crippen LogP) is 4.11. The number of fused-ring (bicyclic) bond motifs is 1. The quantitative estimate of drug-likeness (QED) is 0.416. The highest BCUT2D eigenvalue weighted by atomic mass is 32.2. The van der Waals surface area contributed by atoms with Crippen LogP contribution in [-0.4, -0.2) is 51.7 Å². The van der Waals surface area contributed by atoms with Crippen molar-refractivity contribution >= 4 is 40.0 Å². The minimum absolute atomic E-state index is 0.165. The standard InChI is InChI=1S/C23H32N4O4S2/c1-4-18-25-26-23(27(18)12-15-7-6-10-31-15)32-13-19(28)24-21-20(22(29)30-5-2)16-9-8-14(3)11-17(16)33-21/h14-15H,4-13H2,1-3H3,(H,24,28). The largest absolute Gasteiger partial charge is 0.462 e. The molecule has 3 heterocycles. The highest BCUT2D eigenvalue weighted by Gasteiger charge is 2.29. The Balaban J connectivity index is 1.45. The van der Waals surface area contributed by atoms with Crippen molar-refractivity contribution < 1.29 is 19.1 Å². The maximum Gasteiger partial charge on any atom is 0.341 e. The van der Waals surface area contributed by atoms with Gasteiger partial charge in [0.25, 0.3) is 0 Å². The number of amides is 1. The lowest BCUT2D eigenvalue weighted by molar-refractivity contribution is -0.113. The molecule has 4 rings (SSSR count). The number of thiophene rings is 1. The first-order chi connectivity index (χ1) is 16.0. The Kier molecular flexibility index (Phi) is 8.08. The van der Waals surface area contributed by atoms with Crippen LogP contribution in [-0.2, 0) is 40.1 Å². The van der Waals surface area contributed by atoms with E-state index < -0.39 is 0 Å². The summed E-state index contributed by atoms with van der Waals surface area (Å²) in [5, 5.41) is 12.9. The third kappa shape index (κ3) is 5.60. The van der Waals surface area contributed by atoms with Gasteiger partial charge in [0.1, 0.15) is 10.8 Å². The highest BCUT2D eigenvalue weighted by molar-refractivity contribution is 7.99. The molecule has 1 aliphatic carbocycles. The minimum atomic E-state index is -0.351. The van der Waals surface area contributed by atoms with E-state index in [1.807, 2.05) is 6.92 Å². The minimum Gasteiger partial charge on any atom is -0.462 e. The first kappa shape index (κ1) is 24.2. The van der Waals surface area contributed by atoms with E-state index in [9.17, 15) is 9.59 Å². The summed E-state index contributed by atoms with van der Waals surface area (Å²) in [6.45, 7) is 7.88. The van der Waals surface area contributed by atoms with Crippen molar-refractivity contribution in [1.82, 2.24) is 14.8 Å². The number of carbonyl (C=O) groups excluding carboxylic acids is 2. The average Bonchev–Trinajstić information content (AvgIpc) is 3.51. The summed E-state index contributed by atoms with van der Waals surface area (Å²) in [4.78, 5) is 26.7. The van der Waals surface area contributed by atoms with Crippen LogP contribution in [0.5, 0.6) is 0 Å². The molecule has 180 valence electrons. The number of nitrogens with one attached hydrogen (secondary N) is 1. The number of aromatic nitrogens is 3. The molecule has 0 saturated carbocycles. The van der Waals surface area contributed by atoms with Crippen molar-refractivity contribution in [1.29, 1.82) is 0 Å². The summed E-state index contributed by atoms with van der Waals surface area (Å²) in [5.41, 5.74) is 1.58. The second-order valence-corrected chi connectivity index (χ2v) is 10.7. The van der Waals surface area contributed by atoms with Crippen LogP contribution in [0.15, 0.2) is 5.16 Å². The van der Waals surface area contributed by atoms with Gasteiger partial charge in [-0.1, -0.05) is 25.6 Å². The Labute approximate surface area is 202 Å². The Hall–Kier alpha value is -1.91. The first-order valence-corrected chi connectivity index (χ1v) is 13.6. The second kappa shape index (κ2) is 11.0. The van der Waals surface area contributed by atoms with Gasteiger partial charge in [0.2, 0.25) is 5.91 Å². The fraction of sp³-hybridized carbons (Fsp3) is 0.652. The van der Waals surface area contributed by atoms with Gasteiger partial charge >= 0.3 is 5.97 Å². The molecule has 1 fully saturated rings. The molecule has 0 bridgehead atoms. The van der Waals surface area contributed by atoms with E-state index >= 15 is 0 Å². The zero-order valence-electron chi connectivity index (χ0n) is 19.5. The molecule has 1 aliphatic heterocycles. The van der Waals surface area contributed by atoms with Crippen molar-refractivity contribution in [3.05, 3.63) is 21.8 Å². The lowest BCUT2D eigenvalue weighted by atomic mass is 9.88. The molecule has 10 heteroatoms. The molecule has 2 unspecified atom stereocenters. The van der Waals surface area contributed by atoms with Gasteiger partial charge in [-0.15, -0.1) is 21.5 Å². The molecule has 0 spiro atoms. The van der Waals surface area contributed by atoms with Crippen LogP contribution >= 0.6 is 23.1 Å². The number of hydrogen-bond acceptors (Lipinski definition) is 8. The zero-order chi connectivity index (χ0) is 23.4. The molecule has 1 N–H and O–H groups in total. The fourth-order valence-corrected chi connectivity index (χ4v) is 6.60. The van der Waals surface area contributed by atoms with Crippen LogP contribution in [0.1, 0.15) is 66.7 Å². The molecule has 2 aliphatic rings. The predicted molar refractivity (Wildman–Crippen MR) is 129 cm³/mol. The van der Waals surface area contributed by atoms with Gasteiger partial charge < -0.3 is 19.4 Å². The molecule has 2 aromatic heterocycles. The number of nitrogens with zero attached hydrogens (tertiary/aromatic N) is 3. The molecule has 8 nitrogen and oxygen atoms in total. The lowest BCUT2D eigenvalue weighted by Gasteiger charge is -2.18. The first-order valence-electron chi connectivity index (χ1n) is 11.8. The normalized spacial score (nSPS) is 20.0. The molecule has 2 aromatic rings. The van der Waals surface area contributed by atoms with E-state index in [1.165, 1.54) is 28.0 Å². The van der Waals surface area contributed by atoms with Gasteiger partial charge in [0, 0.05) is 17.9 Å². The second-order valence-electron chi connectivity index (χ2n) is 8.61. The molecule has 1 amide bonds. The zero-order valence-corrected chi connectivity index (χ0v) is 21.1. The Morgan fingerprint density at radius 2 is 2.15 bits per heavy atom. The van der Waals surface area contributed by atoms with E-state index in [-0.39, 0.29) is 23.7 Å². The number of aryl methyl sites for hydroxylation is 1. The molecule has 1 saturated heterocycles. The number of esters is 1. The highest BCUT2D eigenvalue weighted by Crippen LogP contribution is 2.40.